The van der Waals surface area contributed by atoms with Crippen molar-refractivity contribution in [3.8, 4) is 0 Å². The fourth-order valence-corrected chi connectivity index (χ4v) is 4.19. The first-order chi connectivity index (χ1) is 9.13. The number of nitrogens with one attached hydrogen (secondary N) is 1. The maximum absolute atomic E-state index is 12.6. The summed E-state index contributed by atoms with van der Waals surface area (Å²) in [5.74, 6) is 1.07. The van der Waals surface area contributed by atoms with Crippen LogP contribution in [0.3, 0.4) is 0 Å². The molecule has 19 heavy (non-hydrogen) atoms. The molecule has 3 fully saturated rings. The van der Waals surface area contributed by atoms with Gasteiger partial charge in [0.2, 0.25) is 5.91 Å². The van der Waals surface area contributed by atoms with E-state index in [0.29, 0.717) is 23.4 Å². The maximum Gasteiger partial charge on any atom is 0.241 e. The van der Waals surface area contributed by atoms with Gasteiger partial charge in [0.25, 0.3) is 0 Å². The molecule has 0 aromatic heterocycles. The molecule has 0 aromatic rings. The third kappa shape index (κ3) is 2.42. The van der Waals surface area contributed by atoms with E-state index in [2.05, 4.69) is 24.1 Å². The third-order valence-electron chi connectivity index (χ3n) is 5.66. The summed E-state index contributed by atoms with van der Waals surface area (Å²) in [5, 5.41) is 3.63. The minimum Gasteiger partial charge on any atom is -0.325 e. The Bertz CT molecular complexity index is 345. The van der Waals surface area contributed by atoms with E-state index < -0.39 is 0 Å². The van der Waals surface area contributed by atoms with Gasteiger partial charge in [-0.05, 0) is 43.4 Å². The number of rotatable bonds is 4. The van der Waals surface area contributed by atoms with Crippen LogP contribution in [0.5, 0.6) is 0 Å². The predicted octanol–water partition coefficient (Wildman–Crippen LogP) is 2.90. The molecule has 2 atom stereocenters. The molecule has 108 valence electrons. The molecule has 2 saturated carbocycles. The summed E-state index contributed by atoms with van der Waals surface area (Å²) in [5.41, 5.74) is 0.400. The van der Waals surface area contributed by atoms with Crippen LogP contribution < -0.4 is 5.32 Å². The second-order valence-electron chi connectivity index (χ2n) is 7.25. The first-order valence-corrected chi connectivity index (χ1v) is 8.19. The van der Waals surface area contributed by atoms with Crippen molar-refractivity contribution >= 4 is 5.91 Å². The van der Waals surface area contributed by atoms with E-state index in [0.717, 1.165) is 13.0 Å². The first-order valence-electron chi connectivity index (χ1n) is 8.19. The Labute approximate surface area is 117 Å². The quantitative estimate of drug-likeness (QED) is 0.847. The molecule has 0 bridgehead atoms. The van der Waals surface area contributed by atoms with Crippen molar-refractivity contribution in [1.82, 2.24) is 10.2 Å². The lowest BCUT2D eigenvalue weighted by Gasteiger charge is -2.43. The zero-order valence-electron chi connectivity index (χ0n) is 12.5. The summed E-state index contributed by atoms with van der Waals surface area (Å²) in [6.45, 7) is 5.46. The molecule has 3 rings (SSSR count). The van der Waals surface area contributed by atoms with Gasteiger partial charge in [-0.3, -0.25) is 10.1 Å². The molecule has 1 aliphatic heterocycles. The van der Waals surface area contributed by atoms with Crippen LogP contribution in [0.4, 0.5) is 0 Å². The summed E-state index contributed by atoms with van der Waals surface area (Å²) < 4.78 is 0. The molecule has 0 aromatic carbocycles. The van der Waals surface area contributed by atoms with Crippen molar-refractivity contribution < 1.29 is 4.79 Å². The average Bonchev–Trinajstić information content (AvgIpc) is 2.97. The lowest BCUT2D eigenvalue weighted by molar-refractivity contribution is -0.133. The van der Waals surface area contributed by atoms with E-state index >= 15 is 0 Å². The predicted molar refractivity (Wildman–Crippen MR) is 76.6 cm³/mol. The summed E-state index contributed by atoms with van der Waals surface area (Å²) in [7, 11) is 0. The van der Waals surface area contributed by atoms with Crippen molar-refractivity contribution in [2.75, 3.05) is 6.54 Å². The van der Waals surface area contributed by atoms with Gasteiger partial charge in [-0.1, -0.05) is 33.1 Å². The van der Waals surface area contributed by atoms with Gasteiger partial charge < -0.3 is 4.90 Å². The molecule has 3 aliphatic rings. The minimum atomic E-state index is 0.0780. The second-order valence-corrected chi connectivity index (χ2v) is 7.25. The van der Waals surface area contributed by atoms with Gasteiger partial charge in [-0.15, -0.1) is 0 Å². The highest BCUT2D eigenvalue weighted by atomic mass is 16.2. The van der Waals surface area contributed by atoms with E-state index in [1.165, 1.54) is 44.9 Å². The molecule has 0 radical (unpaired) electrons. The fraction of sp³-hybridized carbons (Fsp3) is 0.938. The standard InChI is InChI=1S/C16H28N2O/c1-3-13-15(19)18(11-16(2)9-6-10-16)14(17-13)12-7-4-5-8-12/h12-14,17H,3-11H2,1-2H3. The van der Waals surface area contributed by atoms with Crippen molar-refractivity contribution in [3.05, 3.63) is 0 Å². The minimum absolute atomic E-state index is 0.0780. The molecular weight excluding hydrogens is 236 g/mol. The van der Waals surface area contributed by atoms with Gasteiger partial charge in [-0.25, -0.2) is 0 Å². The molecule has 3 nitrogen and oxygen atoms in total. The van der Waals surface area contributed by atoms with Crippen LogP contribution in [0.15, 0.2) is 0 Å². The largest absolute Gasteiger partial charge is 0.325 e. The van der Waals surface area contributed by atoms with Gasteiger partial charge in [-0.2, -0.15) is 0 Å². The number of carbonyl (C=O) groups excluding carboxylic acids is 1. The number of nitrogens with zero attached hydrogens (tertiary/aromatic N) is 1. The molecule has 1 amide bonds. The van der Waals surface area contributed by atoms with Gasteiger partial charge in [0.15, 0.2) is 0 Å². The smallest absolute Gasteiger partial charge is 0.241 e. The van der Waals surface area contributed by atoms with Gasteiger partial charge in [0.05, 0.1) is 12.2 Å². The van der Waals surface area contributed by atoms with Crippen molar-refractivity contribution in [2.45, 2.75) is 77.4 Å². The summed E-state index contributed by atoms with van der Waals surface area (Å²) in [4.78, 5) is 14.8. The maximum atomic E-state index is 12.6. The molecule has 1 heterocycles. The molecule has 2 unspecified atom stereocenters. The lowest BCUT2D eigenvalue weighted by atomic mass is 9.70. The normalized spacial score (nSPS) is 34.8. The number of amides is 1. The zero-order valence-corrected chi connectivity index (χ0v) is 12.5. The Hall–Kier alpha value is -0.570. The number of carbonyl (C=O) groups is 1. The summed E-state index contributed by atoms with van der Waals surface area (Å²) in [6, 6.07) is 0.0780. The molecule has 0 spiro atoms. The third-order valence-corrected chi connectivity index (χ3v) is 5.66. The van der Waals surface area contributed by atoms with E-state index in [1.807, 2.05) is 0 Å². The van der Waals surface area contributed by atoms with Crippen LogP contribution in [0.25, 0.3) is 0 Å². The summed E-state index contributed by atoms with van der Waals surface area (Å²) >= 11 is 0. The van der Waals surface area contributed by atoms with Crippen LogP contribution in [0.1, 0.15) is 65.2 Å². The Balaban J connectivity index is 1.73. The number of hydrogen-bond acceptors (Lipinski definition) is 2. The van der Waals surface area contributed by atoms with E-state index in [-0.39, 0.29) is 6.04 Å². The van der Waals surface area contributed by atoms with Crippen LogP contribution in [-0.2, 0) is 4.79 Å². The van der Waals surface area contributed by atoms with Gasteiger partial charge in [0, 0.05) is 6.54 Å². The second kappa shape index (κ2) is 5.08. The molecule has 1 N–H and O–H groups in total. The molecular formula is C16H28N2O. The van der Waals surface area contributed by atoms with Gasteiger partial charge >= 0.3 is 0 Å². The van der Waals surface area contributed by atoms with Gasteiger partial charge in [0.1, 0.15) is 0 Å². The highest BCUT2D eigenvalue weighted by Crippen LogP contribution is 2.43. The van der Waals surface area contributed by atoms with E-state index in [4.69, 9.17) is 0 Å². The van der Waals surface area contributed by atoms with Crippen molar-refractivity contribution in [2.24, 2.45) is 11.3 Å². The monoisotopic (exact) mass is 264 g/mol. The zero-order chi connectivity index (χ0) is 13.5. The van der Waals surface area contributed by atoms with Crippen LogP contribution in [-0.4, -0.2) is 29.6 Å². The molecule has 2 aliphatic carbocycles. The fourth-order valence-electron chi connectivity index (χ4n) is 4.19. The average molecular weight is 264 g/mol. The Morgan fingerprint density at radius 3 is 2.47 bits per heavy atom. The topological polar surface area (TPSA) is 32.3 Å². The Morgan fingerprint density at radius 1 is 1.26 bits per heavy atom. The Kier molecular flexibility index (Phi) is 3.59. The first kappa shape index (κ1) is 13.4. The highest BCUT2D eigenvalue weighted by molar-refractivity contribution is 5.84. The lowest BCUT2D eigenvalue weighted by Crippen LogP contribution is -2.48. The van der Waals surface area contributed by atoms with Crippen LogP contribution in [0, 0.1) is 11.3 Å². The molecule has 3 heteroatoms. The SMILES string of the molecule is CCC1NC(C2CCCC2)N(CC2(C)CCC2)C1=O. The Morgan fingerprint density at radius 2 is 1.95 bits per heavy atom. The highest BCUT2D eigenvalue weighted by Gasteiger charge is 2.46. The van der Waals surface area contributed by atoms with Crippen LogP contribution in [0.2, 0.25) is 0 Å². The van der Waals surface area contributed by atoms with E-state index in [1.54, 1.807) is 0 Å². The molecule has 1 saturated heterocycles. The summed E-state index contributed by atoms with van der Waals surface area (Å²) in [6.07, 6.45) is 10.5. The van der Waals surface area contributed by atoms with Crippen molar-refractivity contribution in [1.29, 1.82) is 0 Å². The van der Waals surface area contributed by atoms with Crippen LogP contribution >= 0.6 is 0 Å². The van der Waals surface area contributed by atoms with E-state index in [9.17, 15) is 4.79 Å². The van der Waals surface area contributed by atoms with Crippen molar-refractivity contribution in [3.63, 3.8) is 0 Å². The number of hydrogen-bond donors (Lipinski definition) is 1.